The van der Waals surface area contributed by atoms with Crippen LogP contribution in [0, 0.1) is 5.41 Å². The first-order chi connectivity index (χ1) is 10.3. The van der Waals surface area contributed by atoms with Crippen LogP contribution in [0.2, 0.25) is 0 Å². The van der Waals surface area contributed by atoms with Crippen molar-refractivity contribution in [1.82, 2.24) is 0 Å². The number of hydrogen-bond acceptors (Lipinski definition) is 2. The first-order valence-corrected chi connectivity index (χ1v) is 8.16. The molecule has 1 aromatic carbocycles. The van der Waals surface area contributed by atoms with Crippen LogP contribution < -0.4 is 0 Å². The quantitative estimate of drug-likeness (QED) is 0.477. The lowest BCUT2D eigenvalue weighted by atomic mass is 9.87. The van der Waals surface area contributed by atoms with E-state index in [0.29, 0.717) is 24.0 Å². The molecule has 0 radical (unpaired) electrons. The number of hydrogen-bond donors (Lipinski definition) is 0. The van der Waals surface area contributed by atoms with Crippen molar-refractivity contribution in [1.29, 1.82) is 0 Å². The minimum absolute atomic E-state index is 0.0733. The summed E-state index contributed by atoms with van der Waals surface area (Å²) < 4.78 is 0. The third kappa shape index (κ3) is 6.84. The van der Waals surface area contributed by atoms with Crippen LogP contribution in [0.4, 0.5) is 0 Å². The van der Waals surface area contributed by atoms with Crippen molar-refractivity contribution in [2.24, 2.45) is 5.41 Å². The fraction of sp³-hybridized carbons (Fsp3) is 0.500. The molecule has 0 saturated heterocycles. The highest BCUT2D eigenvalue weighted by atomic mass is 16.1. The van der Waals surface area contributed by atoms with Gasteiger partial charge in [0.05, 0.1) is 0 Å². The number of unbranched alkanes of at least 4 members (excludes halogenated alkanes) is 1. The Morgan fingerprint density at radius 3 is 2.23 bits per heavy atom. The van der Waals surface area contributed by atoms with Crippen molar-refractivity contribution in [3.63, 3.8) is 0 Å². The largest absolute Gasteiger partial charge is 0.295 e. The maximum absolute atomic E-state index is 12.4. The fourth-order valence-electron chi connectivity index (χ4n) is 2.15. The van der Waals surface area contributed by atoms with Gasteiger partial charge in [0.1, 0.15) is 0 Å². The molecule has 0 N–H and O–H groups in total. The van der Waals surface area contributed by atoms with Crippen LogP contribution >= 0.6 is 0 Å². The Morgan fingerprint density at radius 1 is 1.05 bits per heavy atom. The highest BCUT2D eigenvalue weighted by Crippen LogP contribution is 2.23. The van der Waals surface area contributed by atoms with Crippen molar-refractivity contribution in [2.75, 3.05) is 0 Å². The topological polar surface area (TPSA) is 34.1 Å². The van der Waals surface area contributed by atoms with E-state index in [4.69, 9.17) is 0 Å². The summed E-state index contributed by atoms with van der Waals surface area (Å²) in [4.78, 5) is 24.7. The van der Waals surface area contributed by atoms with Gasteiger partial charge in [-0.2, -0.15) is 0 Å². The molecule has 22 heavy (non-hydrogen) atoms. The number of Topliss-reactive ketones (excluding diaryl/α,β-unsaturated/α-hetero) is 1. The lowest BCUT2D eigenvalue weighted by Crippen LogP contribution is -2.12. The molecule has 0 amide bonds. The van der Waals surface area contributed by atoms with Gasteiger partial charge in [-0.3, -0.25) is 9.59 Å². The average Bonchev–Trinajstić information content (AvgIpc) is 2.49. The normalized spacial score (nSPS) is 12.3. The van der Waals surface area contributed by atoms with Crippen molar-refractivity contribution in [3.8, 4) is 0 Å². The van der Waals surface area contributed by atoms with E-state index in [1.165, 1.54) is 0 Å². The molecule has 0 heterocycles. The van der Waals surface area contributed by atoms with E-state index in [9.17, 15) is 9.59 Å². The molecule has 0 aliphatic rings. The van der Waals surface area contributed by atoms with Gasteiger partial charge in [0.15, 0.2) is 11.6 Å². The number of allylic oxidation sites excluding steroid dienone is 2. The molecular weight excluding hydrogens is 272 g/mol. The van der Waals surface area contributed by atoms with E-state index in [2.05, 4.69) is 27.7 Å². The summed E-state index contributed by atoms with van der Waals surface area (Å²) in [7, 11) is 0. The molecule has 0 aliphatic heterocycles. The minimum atomic E-state index is -0.0733. The zero-order valence-corrected chi connectivity index (χ0v) is 14.3. The minimum Gasteiger partial charge on any atom is -0.295 e. The Labute approximate surface area is 134 Å². The molecule has 1 rings (SSSR count). The van der Waals surface area contributed by atoms with Gasteiger partial charge in [-0.15, -0.1) is 0 Å². The van der Waals surface area contributed by atoms with Gasteiger partial charge in [-0.05, 0) is 36.3 Å². The van der Waals surface area contributed by atoms with Crippen LogP contribution in [-0.4, -0.2) is 11.6 Å². The zero-order chi connectivity index (χ0) is 16.6. The second-order valence-electron chi connectivity index (χ2n) is 6.99. The molecule has 0 spiro atoms. The van der Waals surface area contributed by atoms with Crippen LogP contribution in [0.3, 0.4) is 0 Å². The first-order valence-electron chi connectivity index (χ1n) is 8.16. The number of carbonyl (C=O) groups is 2. The van der Waals surface area contributed by atoms with E-state index >= 15 is 0 Å². The molecule has 0 atom stereocenters. The highest BCUT2D eigenvalue weighted by Gasteiger charge is 2.16. The summed E-state index contributed by atoms with van der Waals surface area (Å²) in [5.74, 6) is 0.0449. The third-order valence-corrected chi connectivity index (χ3v) is 3.62. The van der Waals surface area contributed by atoms with Crippen LogP contribution in [0.25, 0.3) is 0 Å². The molecular formula is C20H28O2. The Balaban J connectivity index is 2.84. The van der Waals surface area contributed by atoms with Gasteiger partial charge >= 0.3 is 0 Å². The van der Waals surface area contributed by atoms with Crippen molar-refractivity contribution < 1.29 is 9.59 Å². The third-order valence-electron chi connectivity index (χ3n) is 3.62. The van der Waals surface area contributed by atoms with E-state index in [1.54, 1.807) is 18.2 Å². The van der Waals surface area contributed by atoms with Crippen LogP contribution in [0.5, 0.6) is 0 Å². The number of carbonyl (C=O) groups excluding carboxylic acids is 2. The summed E-state index contributed by atoms with van der Waals surface area (Å²) in [6, 6.07) is 9.14. The van der Waals surface area contributed by atoms with E-state index < -0.39 is 0 Å². The van der Waals surface area contributed by atoms with Gasteiger partial charge in [0.2, 0.25) is 0 Å². The lowest BCUT2D eigenvalue weighted by molar-refractivity contribution is -0.116. The van der Waals surface area contributed by atoms with E-state index in [0.717, 1.165) is 19.3 Å². The Hall–Kier alpha value is -1.70. The number of rotatable bonds is 8. The van der Waals surface area contributed by atoms with Crippen LogP contribution in [0.15, 0.2) is 42.0 Å². The maximum Gasteiger partial charge on any atom is 0.186 e. The molecule has 0 bridgehead atoms. The van der Waals surface area contributed by atoms with Gasteiger partial charge < -0.3 is 0 Å². The van der Waals surface area contributed by atoms with Crippen LogP contribution in [0.1, 0.15) is 70.2 Å². The van der Waals surface area contributed by atoms with Gasteiger partial charge in [0, 0.05) is 12.0 Å². The van der Waals surface area contributed by atoms with Crippen molar-refractivity contribution >= 4 is 11.6 Å². The second kappa shape index (κ2) is 8.67. The number of ketones is 2. The molecule has 0 unspecified atom stereocenters. The smallest absolute Gasteiger partial charge is 0.186 e. The molecule has 0 aliphatic carbocycles. The van der Waals surface area contributed by atoms with Gasteiger partial charge in [-0.25, -0.2) is 0 Å². The summed E-state index contributed by atoms with van der Waals surface area (Å²) in [6.45, 7) is 8.48. The van der Waals surface area contributed by atoms with Gasteiger partial charge in [-0.1, -0.05) is 64.4 Å². The summed E-state index contributed by atoms with van der Waals surface area (Å²) in [6.07, 6.45) is 5.56. The van der Waals surface area contributed by atoms with Crippen molar-refractivity contribution in [2.45, 2.75) is 59.8 Å². The molecule has 120 valence electrons. The zero-order valence-electron chi connectivity index (χ0n) is 14.3. The molecule has 1 aromatic rings. The molecule has 2 nitrogen and oxygen atoms in total. The average molecular weight is 300 g/mol. The van der Waals surface area contributed by atoms with Gasteiger partial charge in [0.25, 0.3) is 0 Å². The van der Waals surface area contributed by atoms with Crippen molar-refractivity contribution in [3.05, 3.63) is 47.5 Å². The maximum atomic E-state index is 12.4. The first kappa shape index (κ1) is 18.3. The predicted octanol–water partition coefficient (Wildman–Crippen LogP) is 5.38. The summed E-state index contributed by atoms with van der Waals surface area (Å²) in [5, 5.41) is 0. The fourth-order valence-corrected chi connectivity index (χ4v) is 2.15. The molecule has 0 fully saturated rings. The van der Waals surface area contributed by atoms with Crippen LogP contribution in [-0.2, 0) is 4.79 Å². The monoisotopic (exact) mass is 300 g/mol. The standard InChI is InChI=1S/C20H28O2/c1-5-6-10-17(18(21)13-14-20(2,3)4)15-19(22)16-11-8-7-9-12-16/h7-9,11-12,15H,5-6,10,13-14H2,1-4H3/b17-15-. The number of benzene rings is 1. The highest BCUT2D eigenvalue weighted by molar-refractivity contribution is 6.09. The Kier molecular flexibility index (Phi) is 7.23. The molecule has 2 heteroatoms. The van der Waals surface area contributed by atoms with E-state index in [1.807, 2.05) is 18.2 Å². The predicted molar refractivity (Wildman–Crippen MR) is 92.1 cm³/mol. The Bertz CT molecular complexity index is 518. The lowest BCUT2D eigenvalue weighted by Gasteiger charge is -2.17. The second-order valence-corrected chi connectivity index (χ2v) is 6.99. The summed E-state index contributed by atoms with van der Waals surface area (Å²) in [5.41, 5.74) is 1.45. The SMILES string of the molecule is CCCC/C(=C/C(=O)c1ccccc1)C(=O)CCC(C)(C)C. The molecule has 0 saturated carbocycles. The summed E-state index contributed by atoms with van der Waals surface area (Å²) >= 11 is 0. The van der Waals surface area contributed by atoms with E-state index in [-0.39, 0.29) is 17.0 Å². The molecule has 0 aromatic heterocycles. The Morgan fingerprint density at radius 2 is 1.68 bits per heavy atom.